The molecule has 0 aliphatic carbocycles. The molecule has 1 saturated heterocycles. The van der Waals surface area contributed by atoms with E-state index in [-0.39, 0.29) is 18.0 Å². The number of rotatable bonds is 4. The summed E-state index contributed by atoms with van der Waals surface area (Å²) in [6.07, 6.45) is 1.21. The van der Waals surface area contributed by atoms with E-state index in [0.29, 0.717) is 43.2 Å². The zero-order chi connectivity index (χ0) is 17.5. The Hall–Kier alpha value is -2.28. The van der Waals surface area contributed by atoms with Gasteiger partial charge in [0.1, 0.15) is 5.75 Å². The molecule has 1 heterocycles. The Labute approximate surface area is 142 Å². The Morgan fingerprint density at radius 1 is 1.38 bits per heavy atom. The summed E-state index contributed by atoms with van der Waals surface area (Å²) in [5.74, 6) is 0.432. The first-order chi connectivity index (χ1) is 11.5. The molecule has 0 bridgehead atoms. The molecular formula is C17H25N3O4. The highest BCUT2D eigenvalue weighted by molar-refractivity contribution is 5.95. The van der Waals surface area contributed by atoms with Crippen LogP contribution in [0.15, 0.2) is 18.2 Å². The fraction of sp³-hybridized carbons (Fsp3) is 0.529. The summed E-state index contributed by atoms with van der Waals surface area (Å²) in [6.45, 7) is 5.61. The maximum atomic E-state index is 12.5. The maximum Gasteiger partial charge on any atom is 0.321 e. The quantitative estimate of drug-likeness (QED) is 0.886. The Bertz CT molecular complexity index is 591. The molecular weight excluding hydrogens is 310 g/mol. The van der Waals surface area contributed by atoms with Gasteiger partial charge in [-0.3, -0.25) is 4.79 Å². The van der Waals surface area contributed by atoms with Crippen LogP contribution in [0.1, 0.15) is 26.7 Å². The van der Waals surface area contributed by atoms with Gasteiger partial charge >= 0.3 is 6.03 Å². The lowest BCUT2D eigenvalue weighted by Crippen LogP contribution is -2.38. The number of hydrogen-bond donors (Lipinski definition) is 2. The number of methoxy groups -OCH3 is 1. The van der Waals surface area contributed by atoms with E-state index in [4.69, 9.17) is 9.47 Å². The van der Waals surface area contributed by atoms with Gasteiger partial charge in [-0.05, 0) is 31.5 Å². The Balaban J connectivity index is 2.09. The molecule has 1 unspecified atom stereocenters. The summed E-state index contributed by atoms with van der Waals surface area (Å²) in [7, 11) is 1.54. The average molecular weight is 335 g/mol. The van der Waals surface area contributed by atoms with Gasteiger partial charge in [-0.25, -0.2) is 4.79 Å². The summed E-state index contributed by atoms with van der Waals surface area (Å²) in [5, 5.41) is 5.64. The molecule has 0 saturated carbocycles. The summed E-state index contributed by atoms with van der Waals surface area (Å²) >= 11 is 0. The van der Waals surface area contributed by atoms with Crippen molar-refractivity contribution in [2.24, 2.45) is 0 Å². The van der Waals surface area contributed by atoms with Crippen molar-refractivity contribution in [2.45, 2.75) is 32.8 Å². The lowest BCUT2D eigenvalue weighted by atomic mass is 10.2. The number of urea groups is 1. The number of benzene rings is 1. The van der Waals surface area contributed by atoms with E-state index in [1.807, 2.05) is 6.92 Å². The third-order valence-corrected chi connectivity index (χ3v) is 3.79. The number of amides is 3. The van der Waals surface area contributed by atoms with Crippen LogP contribution in [0.5, 0.6) is 5.75 Å². The summed E-state index contributed by atoms with van der Waals surface area (Å²) in [6, 6.07) is 4.98. The first kappa shape index (κ1) is 18.1. The van der Waals surface area contributed by atoms with Gasteiger partial charge in [-0.1, -0.05) is 6.92 Å². The lowest BCUT2D eigenvalue weighted by Gasteiger charge is -2.23. The number of nitrogens with zero attached hydrogens (tertiary/aromatic N) is 1. The molecule has 7 heteroatoms. The minimum atomic E-state index is -0.176. The van der Waals surface area contributed by atoms with Crippen LogP contribution in [0, 0.1) is 0 Å². The van der Waals surface area contributed by atoms with E-state index in [9.17, 15) is 9.59 Å². The van der Waals surface area contributed by atoms with Crippen LogP contribution in [0.25, 0.3) is 0 Å². The number of hydrogen-bond acceptors (Lipinski definition) is 4. The smallest absolute Gasteiger partial charge is 0.321 e. The number of carbonyl (C=O) groups excluding carboxylic acids is 2. The highest BCUT2D eigenvalue weighted by atomic mass is 16.5. The third kappa shape index (κ3) is 4.86. The third-order valence-electron chi connectivity index (χ3n) is 3.79. The minimum Gasteiger partial charge on any atom is -0.495 e. The molecule has 2 rings (SSSR count). The van der Waals surface area contributed by atoms with Crippen molar-refractivity contribution >= 4 is 23.3 Å². The fourth-order valence-corrected chi connectivity index (χ4v) is 2.50. The van der Waals surface area contributed by atoms with Gasteiger partial charge in [-0.15, -0.1) is 0 Å². The number of anilines is 2. The highest BCUT2D eigenvalue weighted by Crippen LogP contribution is 2.28. The average Bonchev–Trinajstić information content (AvgIpc) is 2.79. The van der Waals surface area contributed by atoms with Gasteiger partial charge in [0.05, 0.1) is 18.9 Å². The Kier molecular flexibility index (Phi) is 6.43. The van der Waals surface area contributed by atoms with Crippen molar-refractivity contribution in [2.75, 3.05) is 37.4 Å². The monoisotopic (exact) mass is 335 g/mol. The molecule has 24 heavy (non-hydrogen) atoms. The van der Waals surface area contributed by atoms with Crippen molar-refractivity contribution in [3.05, 3.63) is 18.2 Å². The minimum absolute atomic E-state index is 0.0218. The van der Waals surface area contributed by atoms with Crippen molar-refractivity contribution < 1.29 is 19.1 Å². The number of ether oxygens (including phenoxy) is 2. The predicted molar refractivity (Wildman–Crippen MR) is 92.5 cm³/mol. The van der Waals surface area contributed by atoms with E-state index >= 15 is 0 Å². The largest absolute Gasteiger partial charge is 0.495 e. The van der Waals surface area contributed by atoms with Crippen molar-refractivity contribution in [1.29, 1.82) is 0 Å². The van der Waals surface area contributed by atoms with Gasteiger partial charge in [0.15, 0.2) is 0 Å². The molecule has 3 amide bonds. The number of nitrogens with one attached hydrogen (secondary N) is 2. The van der Waals surface area contributed by atoms with Crippen molar-refractivity contribution in [1.82, 2.24) is 4.90 Å². The second-order valence-corrected chi connectivity index (χ2v) is 5.73. The topological polar surface area (TPSA) is 79.9 Å². The molecule has 1 aliphatic heterocycles. The van der Waals surface area contributed by atoms with Gasteiger partial charge < -0.3 is 25.0 Å². The molecule has 1 aliphatic rings. The summed E-state index contributed by atoms with van der Waals surface area (Å²) in [4.78, 5) is 25.8. The Morgan fingerprint density at radius 2 is 2.17 bits per heavy atom. The molecule has 1 aromatic rings. The molecule has 1 atom stereocenters. The van der Waals surface area contributed by atoms with Crippen LogP contribution in [-0.4, -0.2) is 49.7 Å². The molecule has 2 N–H and O–H groups in total. The zero-order valence-corrected chi connectivity index (χ0v) is 14.4. The van der Waals surface area contributed by atoms with Crippen LogP contribution in [0.3, 0.4) is 0 Å². The highest BCUT2D eigenvalue weighted by Gasteiger charge is 2.20. The number of carbonyl (C=O) groups is 2. The normalized spacial score (nSPS) is 17.8. The van der Waals surface area contributed by atoms with Crippen molar-refractivity contribution in [3.8, 4) is 5.75 Å². The lowest BCUT2D eigenvalue weighted by molar-refractivity contribution is -0.115. The SMILES string of the molecule is CCC(=O)Nc1cc(NC(=O)N2CCCOC(C)C2)ccc1OC. The zero-order valence-electron chi connectivity index (χ0n) is 14.4. The van der Waals surface area contributed by atoms with E-state index in [2.05, 4.69) is 10.6 Å². The molecule has 0 radical (unpaired) electrons. The van der Waals surface area contributed by atoms with E-state index in [1.54, 1.807) is 30.0 Å². The first-order valence-corrected chi connectivity index (χ1v) is 8.19. The van der Waals surface area contributed by atoms with E-state index < -0.39 is 0 Å². The molecule has 0 spiro atoms. The van der Waals surface area contributed by atoms with Crippen LogP contribution < -0.4 is 15.4 Å². The Morgan fingerprint density at radius 3 is 2.88 bits per heavy atom. The molecule has 0 aromatic heterocycles. The molecule has 7 nitrogen and oxygen atoms in total. The van der Waals surface area contributed by atoms with Crippen LogP contribution >= 0.6 is 0 Å². The van der Waals surface area contributed by atoms with Gasteiger partial charge in [0.25, 0.3) is 0 Å². The molecule has 1 fully saturated rings. The van der Waals surface area contributed by atoms with E-state index in [1.165, 1.54) is 7.11 Å². The summed E-state index contributed by atoms with van der Waals surface area (Å²) < 4.78 is 10.8. The van der Waals surface area contributed by atoms with Crippen LogP contribution in [0.2, 0.25) is 0 Å². The van der Waals surface area contributed by atoms with Crippen LogP contribution in [-0.2, 0) is 9.53 Å². The van der Waals surface area contributed by atoms with E-state index in [0.717, 1.165) is 6.42 Å². The van der Waals surface area contributed by atoms with Gasteiger partial charge in [-0.2, -0.15) is 0 Å². The second-order valence-electron chi connectivity index (χ2n) is 5.73. The maximum absolute atomic E-state index is 12.5. The van der Waals surface area contributed by atoms with Crippen LogP contribution in [0.4, 0.5) is 16.2 Å². The van der Waals surface area contributed by atoms with Gasteiger partial charge in [0.2, 0.25) is 5.91 Å². The standard InChI is InChI=1S/C17H25N3O4/c1-4-16(21)19-14-10-13(6-7-15(14)23-3)18-17(22)20-8-5-9-24-12(2)11-20/h6-7,10,12H,4-5,8-9,11H2,1-3H3,(H,18,22)(H,19,21). The fourth-order valence-electron chi connectivity index (χ4n) is 2.50. The predicted octanol–water partition coefficient (Wildman–Crippen LogP) is 2.69. The van der Waals surface area contributed by atoms with Crippen molar-refractivity contribution in [3.63, 3.8) is 0 Å². The first-order valence-electron chi connectivity index (χ1n) is 8.19. The molecule has 132 valence electrons. The summed E-state index contributed by atoms with van der Waals surface area (Å²) in [5.41, 5.74) is 1.14. The molecule has 1 aromatic carbocycles. The second kappa shape index (κ2) is 8.54. The van der Waals surface area contributed by atoms with Gasteiger partial charge in [0, 0.05) is 31.8 Å².